The Morgan fingerprint density at radius 2 is 1.83 bits per heavy atom. The van der Waals surface area contributed by atoms with Gasteiger partial charge in [-0.05, 0) is 53.1 Å². The van der Waals surface area contributed by atoms with Crippen LogP contribution in [0.25, 0.3) is 17.2 Å². The summed E-state index contributed by atoms with van der Waals surface area (Å²) in [7, 11) is 0. The second-order valence-electron chi connectivity index (χ2n) is 8.74. The summed E-state index contributed by atoms with van der Waals surface area (Å²) in [5.74, 6) is -0.472. The molecule has 5 aromatic rings. The molecule has 0 saturated heterocycles. The van der Waals surface area contributed by atoms with Gasteiger partial charge in [0.1, 0.15) is 5.75 Å². The molecule has 2 aromatic heterocycles. The number of nitrogen functional groups attached to an aromatic ring is 1. The normalized spacial score (nSPS) is 11.6. The number of ether oxygens (including phenoxy) is 1. The van der Waals surface area contributed by atoms with E-state index in [1.54, 1.807) is 47.3 Å². The minimum Gasteiger partial charge on any atom is -0.406 e. The summed E-state index contributed by atoms with van der Waals surface area (Å²) in [6.45, 7) is 0.399. The van der Waals surface area contributed by atoms with Crippen LogP contribution in [0.1, 0.15) is 11.1 Å². The lowest BCUT2D eigenvalue weighted by atomic mass is 10.1. The van der Waals surface area contributed by atoms with E-state index in [0.717, 1.165) is 11.1 Å². The number of amides is 1. The average Bonchev–Trinajstić information content (AvgIpc) is 3.31. The van der Waals surface area contributed by atoms with Crippen molar-refractivity contribution in [3.8, 4) is 5.75 Å². The van der Waals surface area contributed by atoms with E-state index >= 15 is 0 Å². The predicted octanol–water partition coefficient (Wildman–Crippen LogP) is 6.40. The van der Waals surface area contributed by atoms with Crippen LogP contribution < -0.4 is 21.1 Å². The summed E-state index contributed by atoms with van der Waals surface area (Å²) in [6, 6.07) is 19.8. The van der Waals surface area contributed by atoms with E-state index in [-0.39, 0.29) is 22.8 Å². The van der Waals surface area contributed by atoms with Gasteiger partial charge in [0.25, 0.3) is 0 Å². The Kier molecular flexibility index (Phi) is 7.74. The van der Waals surface area contributed by atoms with Crippen molar-refractivity contribution in [3.05, 3.63) is 102 Å². The second-order valence-corrected chi connectivity index (χ2v) is 9.08. The van der Waals surface area contributed by atoms with Gasteiger partial charge in [-0.15, -0.1) is 13.2 Å². The third kappa shape index (κ3) is 7.11. The van der Waals surface area contributed by atoms with Crippen molar-refractivity contribution < 1.29 is 22.7 Å². The molecule has 0 unspecified atom stereocenters. The molecule has 2 heterocycles. The van der Waals surface area contributed by atoms with Gasteiger partial charge in [0, 0.05) is 17.8 Å². The first-order chi connectivity index (χ1) is 19.6. The molecule has 0 bridgehead atoms. The molecule has 0 radical (unpaired) electrons. The molecule has 41 heavy (non-hydrogen) atoms. The van der Waals surface area contributed by atoms with Gasteiger partial charge in [0.15, 0.2) is 17.0 Å². The Morgan fingerprint density at radius 3 is 2.59 bits per heavy atom. The number of para-hydroxylation sites is 2. The molecule has 0 atom stereocenters. The number of hydrogen-bond acceptors (Lipinski definition) is 7. The van der Waals surface area contributed by atoms with E-state index < -0.39 is 6.36 Å². The summed E-state index contributed by atoms with van der Waals surface area (Å²) >= 11 is 6.16. The zero-order valence-electron chi connectivity index (χ0n) is 21.1. The molecule has 3 aromatic carbocycles. The number of carbonyl (C=O) groups is 1. The lowest BCUT2D eigenvalue weighted by Gasteiger charge is -2.11. The van der Waals surface area contributed by atoms with Gasteiger partial charge in [-0.1, -0.05) is 42.5 Å². The molecule has 5 rings (SSSR count). The van der Waals surface area contributed by atoms with Crippen molar-refractivity contribution in [2.45, 2.75) is 12.9 Å². The van der Waals surface area contributed by atoms with Crippen LogP contribution in [0.2, 0.25) is 5.28 Å². The molecule has 0 aliphatic carbocycles. The molecule has 4 N–H and O–H groups in total. The highest BCUT2D eigenvalue weighted by atomic mass is 35.5. The smallest absolute Gasteiger partial charge is 0.406 e. The van der Waals surface area contributed by atoms with Gasteiger partial charge in [0.05, 0.1) is 24.2 Å². The maximum Gasteiger partial charge on any atom is 0.573 e. The number of aromatic nitrogens is 4. The van der Waals surface area contributed by atoms with Gasteiger partial charge in [-0.3, -0.25) is 4.79 Å². The van der Waals surface area contributed by atoms with E-state index in [2.05, 4.69) is 30.3 Å². The van der Waals surface area contributed by atoms with Crippen molar-refractivity contribution in [1.29, 1.82) is 0 Å². The fraction of sp³-hybridized carbons (Fsp3) is 0.0714. The number of anilines is 4. The topological polar surface area (TPSA) is 120 Å². The number of nitrogens with one attached hydrogen (secondary N) is 2. The second kappa shape index (κ2) is 11.6. The summed E-state index contributed by atoms with van der Waals surface area (Å²) < 4.78 is 43.6. The Morgan fingerprint density at radius 1 is 1.05 bits per heavy atom. The number of imidazole rings is 1. The SMILES string of the molecule is Nc1ccccc1NC(=O)/C=C/c1ccc(Cn2cnc3c(Nc4cccc(OC(F)(F)F)c4)nc(Cl)nc32)cc1. The lowest BCUT2D eigenvalue weighted by molar-refractivity contribution is -0.274. The molecule has 0 aliphatic rings. The number of hydrogen-bond donors (Lipinski definition) is 3. The zero-order chi connectivity index (χ0) is 29.0. The molecule has 0 fully saturated rings. The quantitative estimate of drug-likeness (QED) is 0.110. The Labute approximate surface area is 236 Å². The fourth-order valence-electron chi connectivity index (χ4n) is 3.92. The van der Waals surface area contributed by atoms with E-state index in [1.807, 2.05) is 24.3 Å². The number of nitrogens with zero attached hydrogens (tertiary/aromatic N) is 4. The summed E-state index contributed by atoms with van der Waals surface area (Å²) in [6.07, 6.45) is -0.144. The van der Waals surface area contributed by atoms with Crippen LogP contribution in [0.4, 0.5) is 36.1 Å². The molecule has 0 saturated carbocycles. The molecular weight excluding hydrogens is 559 g/mol. The van der Waals surface area contributed by atoms with Gasteiger partial charge in [0.2, 0.25) is 11.2 Å². The van der Waals surface area contributed by atoms with Gasteiger partial charge in [-0.25, -0.2) is 4.98 Å². The maximum atomic E-state index is 12.6. The molecule has 9 nitrogen and oxygen atoms in total. The number of nitrogens with two attached hydrogens (primary N) is 1. The predicted molar refractivity (Wildman–Crippen MR) is 151 cm³/mol. The summed E-state index contributed by atoms with van der Waals surface area (Å²) in [5.41, 5.74) is 9.70. The standard InChI is InChI=1S/C28H21ClF3N7O2/c29-27-37-25(35-19-4-3-5-20(14-19)41-28(30,31)32)24-26(38-27)39(16-34-24)15-18-10-8-17(9-11-18)12-13-23(40)36-22-7-2-1-6-21(22)33/h1-14,16H,15,33H2,(H,36,40)(H,35,37,38)/b13-12+. The Balaban J connectivity index is 1.29. The third-order valence-electron chi connectivity index (χ3n) is 5.75. The molecule has 0 aliphatic heterocycles. The van der Waals surface area contributed by atoms with Gasteiger partial charge < -0.3 is 25.7 Å². The van der Waals surface area contributed by atoms with Crippen LogP contribution >= 0.6 is 11.6 Å². The Hall–Kier alpha value is -5.10. The minimum absolute atomic E-state index is 0.0690. The highest BCUT2D eigenvalue weighted by molar-refractivity contribution is 6.28. The summed E-state index contributed by atoms with van der Waals surface area (Å²) in [5, 5.41) is 5.60. The number of alkyl halides is 3. The van der Waals surface area contributed by atoms with Crippen LogP contribution in [0, 0.1) is 0 Å². The van der Waals surface area contributed by atoms with Crippen molar-refractivity contribution in [2.24, 2.45) is 0 Å². The van der Waals surface area contributed by atoms with Gasteiger partial charge >= 0.3 is 6.36 Å². The zero-order valence-corrected chi connectivity index (χ0v) is 21.8. The minimum atomic E-state index is -4.82. The highest BCUT2D eigenvalue weighted by Crippen LogP contribution is 2.29. The number of rotatable bonds is 8. The number of halogens is 4. The number of carbonyl (C=O) groups excluding carboxylic acids is 1. The number of benzene rings is 3. The molecule has 1 amide bonds. The van der Waals surface area contributed by atoms with E-state index in [9.17, 15) is 18.0 Å². The van der Waals surface area contributed by atoms with Crippen molar-refractivity contribution in [2.75, 3.05) is 16.4 Å². The van der Waals surface area contributed by atoms with Crippen molar-refractivity contribution in [3.63, 3.8) is 0 Å². The van der Waals surface area contributed by atoms with Crippen LogP contribution in [0.5, 0.6) is 5.75 Å². The van der Waals surface area contributed by atoms with E-state index in [1.165, 1.54) is 24.3 Å². The summed E-state index contributed by atoms with van der Waals surface area (Å²) in [4.78, 5) is 25.1. The average molecular weight is 580 g/mol. The van der Waals surface area contributed by atoms with Crippen LogP contribution in [-0.4, -0.2) is 31.8 Å². The van der Waals surface area contributed by atoms with Crippen molar-refractivity contribution >= 4 is 57.6 Å². The first-order valence-corrected chi connectivity index (χ1v) is 12.4. The monoisotopic (exact) mass is 579 g/mol. The van der Waals surface area contributed by atoms with Crippen LogP contribution in [0.15, 0.2) is 85.2 Å². The van der Waals surface area contributed by atoms with E-state index in [0.29, 0.717) is 34.8 Å². The highest BCUT2D eigenvalue weighted by Gasteiger charge is 2.31. The first kappa shape index (κ1) is 27.5. The maximum absolute atomic E-state index is 12.6. The van der Waals surface area contributed by atoms with Crippen LogP contribution in [-0.2, 0) is 11.3 Å². The largest absolute Gasteiger partial charge is 0.573 e. The van der Waals surface area contributed by atoms with Crippen molar-refractivity contribution in [1.82, 2.24) is 19.5 Å². The lowest BCUT2D eigenvalue weighted by Crippen LogP contribution is -2.17. The fourth-order valence-corrected chi connectivity index (χ4v) is 4.08. The van der Waals surface area contributed by atoms with Crippen LogP contribution in [0.3, 0.4) is 0 Å². The van der Waals surface area contributed by atoms with Gasteiger partial charge in [-0.2, -0.15) is 9.97 Å². The Bertz CT molecular complexity index is 1740. The molecule has 0 spiro atoms. The molecular formula is C28H21ClF3N7O2. The molecule has 208 valence electrons. The first-order valence-electron chi connectivity index (χ1n) is 12.1. The third-order valence-corrected chi connectivity index (χ3v) is 5.91. The number of fused-ring (bicyclic) bond motifs is 1. The van der Waals surface area contributed by atoms with E-state index in [4.69, 9.17) is 17.3 Å². The molecule has 13 heteroatoms.